The number of carboxylic acid groups (broad SMARTS) is 1. The second-order valence-electron chi connectivity index (χ2n) is 3.73. The highest BCUT2D eigenvalue weighted by Crippen LogP contribution is 2.45. The molecule has 1 unspecified atom stereocenters. The maximum absolute atomic E-state index is 12.8. The molecule has 4 nitrogen and oxygen atoms in total. The first kappa shape index (κ1) is 16.1. The minimum Gasteiger partial charge on any atom is -0.479 e. The molecule has 1 atom stereocenters. The topological polar surface area (TPSA) is 83.5 Å². The Morgan fingerprint density at radius 3 is 1.95 bits per heavy atom. The third-order valence-corrected chi connectivity index (χ3v) is 2.38. The van der Waals surface area contributed by atoms with Crippen LogP contribution in [0.1, 0.15) is 22.8 Å². The summed E-state index contributed by atoms with van der Waals surface area (Å²) in [6, 6.07) is 0.537. The van der Waals surface area contributed by atoms with Gasteiger partial charge in [-0.1, -0.05) is 0 Å². The Labute approximate surface area is 107 Å². The minimum absolute atomic E-state index is 0.0796. The summed E-state index contributed by atoms with van der Waals surface area (Å²) >= 11 is 0. The number of carboxylic acids is 1. The molecule has 0 aliphatic heterocycles. The van der Waals surface area contributed by atoms with Crippen molar-refractivity contribution in [1.29, 1.82) is 0 Å². The van der Waals surface area contributed by atoms with Crippen molar-refractivity contribution in [2.45, 2.75) is 18.5 Å². The molecule has 0 bridgehead atoms. The van der Waals surface area contributed by atoms with Gasteiger partial charge in [-0.15, -0.1) is 0 Å². The molecule has 20 heavy (non-hydrogen) atoms. The van der Waals surface area contributed by atoms with Crippen molar-refractivity contribution in [3.8, 4) is 0 Å². The van der Waals surface area contributed by atoms with E-state index in [1.54, 1.807) is 0 Å². The highest BCUT2D eigenvalue weighted by molar-refractivity contribution is 5.78. The summed E-state index contributed by atoms with van der Waals surface area (Å²) in [5.41, 5.74) is -1.77. The minimum atomic E-state index is -5.54. The summed E-state index contributed by atoms with van der Waals surface area (Å²) in [7, 11) is 0. The van der Waals surface area contributed by atoms with E-state index in [0.29, 0.717) is 6.07 Å². The third-order valence-electron chi connectivity index (χ3n) is 2.38. The second-order valence-corrected chi connectivity index (χ2v) is 3.73. The van der Waals surface area contributed by atoms with Gasteiger partial charge in [-0.05, 0) is 12.1 Å². The average Bonchev–Trinajstić information content (AvgIpc) is 2.24. The van der Waals surface area contributed by atoms with Gasteiger partial charge in [0.25, 0.3) is 0 Å². The zero-order chi connectivity index (χ0) is 15.9. The molecule has 0 saturated carbocycles. The SMILES string of the molecule is Nc1ccc(C(F)(F)F)c(C(F)(F)F)c1C(O)C(=O)O. The lowest BCUT2D eigenvalue weighted by Crippen LogP contribution is -2.24. The van der Waals surface area contributed by atoms with Crippen LogP contribution in [0.4, 0.5) is 32.0 Å². The molecule has 1 rings (SSSR count). The molecule has 112 valence electrons. The predicted octanol–water partition coefficient (Wildman–Crippen LogP) is 2.42. The van der Waals surface area contributed by atoms with Gasteiger partial charge in [-0.3, -0.25) is 0 Å². The molecule has 1 aromatic rings. The van der Waals surface area contributed by atoms with Crippen LogP contribution in [0.2, 0.25) is 0 Å². The van der Waals surface area contributed by atoms with Crippen molar-refractivity contribution in [2.24, 2.45) is 0 Å². The van der Waals surface area contributed by atoms with Crippen molar-refractivity contribution in [3.05, 3.63) is 28.8 Å². The third kappa shape index (κ3) is 2.95. The van der Waals surface area contributed by atoms with E-state index >= 15 is 0 Å². The predicted molar refractivity (Wildman–Crippen MR) is 53.5 cm³/mol. The number of anilines is 1. The fourth-order valence-electron chi connectivity index (χ4n) is 1.60. The molecule has 4 N–H and O–H groups in total. The van der Waals surface area contributed by atoms with Gasteiger partial charge in [-0.2, -0.15) is 26.3 Å². The molecule has 0 aromatic heterocycles. The van der Waals surface area contributed by atoms with Gasteiger partial charge in [-0.25, -0.2) is 4.79 Å². The fraction of sp³-hybridized carbons (Fsp3) is 0.300. The zero-order valence-electron chi connectivity index (χ0n) is 9.38. The first-order valence-corrected chi connectivity index (χ1v) is 4.85. The zero-order valence-corrected chi connectivity index (χ0v) is 9.38. The molecular weight excluding hydrogens is 296 g/mol. The highest BCUT2D eigenvalue weighted by atomic mass is 19.4. The lowest BCUT2D eigenvalue weighted by Gasteiger charge is -2.21. The molecular formula is C10H7F6NO3. The Bertz CT molecular complexity index is 537. The number of nitrogens with two attached hydrogens (primary N) is 1. The first-order valence-electron chi connectivity index (χ1n) is 4.85. The molecule has 0 fully saturated rings. The standard InChI is InChI=1S/C10H7F6NO3/c11-9(12,13)3-1-2-4(17)5(7(18)8(19)20)6(3)10(14,15)16/h1-2,7,18H,17H2,(H,19,20). The molecule has 1 aromatic carbocycles. The highest BCUT2D eigenvalue weighted by Gasteiger charge is 2.47. The average molecular weight is 303 g/mol. The Morgan fingerprint density at radius 2 is 1.60 bits per heavy atom. The fourth-order valence-corrected chi connectivity index (χ4v) is 1.60. The lowest BCUT2D eigenvalue weighted by atomic mass is 9.94. The molecule has 0 spiro atoms. The number of aliphatic hydroxyl groups is 1. The number of alkyl halides is 6. The van der Waals surface area contributed by atoms with Gasteiger partial charge >= 0.3 is 18.3 Å². The molecule has 0 saturated heterocycles. The summed E-state index contributed by atoms with van der Waals surface area (Å²) < 4.78 is 76.1. The van der Waals surface area contributed by atoms with Crippen LogP contribution in [0.3, 0.4) is 0 Å². The van der Waals surface area contributed by atoms with Crippen molar-refractivity contribution in [2.75, 3.05) is 5.73 Å². The van der Waals surface area contributed by atoms with Gasteiger partial charge in [0, 0.05) is 11.3 Å². The Morgan fingerprint density at radius 1 is 1.10 bits per heavy atom. The number of rotatable bonds is 2. The van der Waals surface area contributed by atoms with Gasteiger partial charge in [0.05, 0.1) is 11.1 Å². The molecule has 10 heteroatoms. The van der Waals surface area contributed by atoms with E-state index in [1.807, 2.05) is 0 Å². The van der Waals surface area contributed by atoms with E-state index in [2.05, 4.69) is 0 Å². The van der Waals surface area contributed by atoms with Crippen molar-refractivity contribution < 1.29 is 41.4 Å². The van der Waals surface area contributed by atoms with Gasteiger partial charge in [0.15, 0.2) is 6.10 Å². The largest absolute Gasteiger partial charge is 0.479 e. The molecule has 0 radical (unpaired) electrons. The van der Waals surface area contributed by atoms with Crippen LogP contribution < -0.4 is 5.73 Å². The molecule has 0 heterocycles. The van der Waals surface area contributed by atoms with Crippen LogP contribution in [0.25, 0.3) is 0 Å². The van der Waals surface area contributed by atoms with E-state index in [9.17, 15) is 31.1 Å². The normalized spacial score (nSPS) is 14.2. The number of aliphatic carboxylic acids is 1. The number of aliphatic hydroxyl groups excluding tert-OH is 1. The Hall–Kier alpha value is -1.97. The number of nitrogen functional groups attached to an aromatic ring is 1. The van der Waals surface area contributed by atoms with Gasteiger partial charge in [0.2, 0.25) is 0 Å². The number of hydrogen-bond acceptors (Lipinski definition) is 3. The van der Waals surface area contributed by atoms with E-state index in [4.69, 9.17) is 15.9 Å². The van der Waals surface area contributed by atoms with Crippen LogP contribution in [-0.4, -0.2) is 16.2 Å². The lowest BCUT2D eigenvalue weighted by molar-refractivity contribution is -0.164. The van der Waals surface area contributed by atoms with Crippen molar-refractivity contribution >= 4 is 11.7 Å². The molecule has 0 aliphatic carbocycles. The monoisotopic (exact) mass is 303 g/mol. The van der Waals surface area contributed by atoms with E-state index < -0.39 is 46.8 Å². The summed E-state index contributed by atoms with van der Waals surface area (Å²) in [6.07, 6.45) is -13.7. The van der Waals surface area contributed by atoms with Crippen LogP contribution in [0, 0.1) is 0 Å². The number of carbonyl (C=O) groups is 1. The number of halogens is 6. The number of benzene rings is 1. The first-order chi connectivity index (χ1) is 8.87. The van der Waals surface area contributed by atoms with E-state index in [1.165, 1.54) is 0 Å². The van der Waals surface area contributed by atoms with Crippen LogP contribution in [0.5, 0.6) is 0 Å². The summed E-state index contributed by atoms with van der Waals surface area (Å²) in [5.74, 6) is -2.15. The smallest absolute Gasteiger partial charge is 0.417 e. The van der Waals surface area contributed by atoms with Crippen molar-refractivity contribution in [3.63, 3.8) is 0 Å². The van der Waals surface area contributed by atoms with E-state index in [-0.39, 0.29) is 6.07 Å². The summed E-state index contributed by atoms with van der Waals surface area (Å²) in [6.45, 7) is 0. The number of hydrogen-bond donors (Lipinski definition) is 3. The molecule has 0 aliphatic rings. The second kappa shape index (κ2) is 4.85. The van der Waals surface area contributed by atoms with E-state index in [0.717, 1.165) is 0 Å². The van der Waals surface area contributed by atoms with Crippen molar-refractivity contribution in [1.82, 2.24) is 0 Å². The van der Waals surface area contributed by atoms with Crippen LogP contribution >= 0.6 is 0 Å². The summed E-state index contributed by atoms with van der Waals surface area (Å²) in [5, 5.41) is 17.7. The van der Waals surface area contributed by atoms with Crippen LogP contribution in [0.15, 0.2) is 12.1 Å². The quantitative estimate of drug-likeness (QED) is 0.579. The maximum atomic E-state index is 12.8. The summed E-state index contributed by atoms with van der Waals surface area (Å²) in [4.78, 5) is 10.5. The van der Waals surface area contributed by atoms with Gasteiger partial charge < -0.3 is 15.9 Å². The molecule has 0 amide bonds. The Balaban J connectivity index is 3.78. The van der Waals surface area contributed by atoms with Crippen LogP contribution in [-0.2, 0) is 17.1 Å². The van der Waals surface area contributed by atoms with Gasteiger partial charge in [0.1, 0.15) is 0 Å². The maximum Gasteiger partial charge on any atom is 0.417 e. The Kier molecular flexibility index (Phi) is 3.90.